The van der Waals surface area contributed by atoms with Crippen molar-refractivity contribution in [2.24, 2.45) is 0 Å². The van der Waals surface area contributed by atoms with Crippen LogP contribution in [0.1, 0.15) is 30.1 Å². The van der Waals surface area contributed by atoms with E-state index in [0.717, 1.165) is 22.8 Å². The van der Waals surface area contributed by atoms with Crippen molar-refractivity contribution in [3.05, 3.63) is 53.6 Å². The molecule has 18 heavy (non-hydrogen) atoms. The van der Waals surface area contributed by atoms with Crippen LogP contribution in [0.3, 0.4) is 0 Å². The summed E-state index contributed by atoms with van der Waals surface area (Å²) in [6, 6.07) is 10.2. The quantitative estimate of drug-likeness (QED) is 0.858. The Balaban J connectivity index is 2.05. The molecule has 0 unspecified atom stereocenters. The summed E-state index contributed by atoms with van der Waals surface area (Å²) in [7, 11) is 0. The topological polar surface area (TPSA) is 46.0 Å². The number of hydrogen-bond acceptors (Lipinski definition) is 4. The number of hydrogen-bond donors (Lipinski definition) is 1. The number of benzene rings is 1. The van der Waals surface area contributed by atoms with Gasteiger partial charge in [0.15, 0.2) is 0 Å². The van der Waals surface area contributed by atoms with Gasteiger partial charge >= 0.3 is 0 Å². The molecule has 1 heterocycles. The number of rotatable bonds is 4. The number of aliphatic hydroxyl groups excluding tert-OH is 1. The van der Waals surface area contributed by atoms with Gasteiger partial charge in [-0.05, 0) is 26.0 Å². The Morgan fingerprint density at radius 1 is 1.28 bits per heavy atom. The second-order valence-corrected chi connectivity index (χ2v) is 5.15. The first-order valence-electron chi connectivity index (χ1n) is 5.85. The van der Waals surface area contributed by atoms with Crippen molar-refractivity contribution < 1.29 is 5.11 Å². The minimum atomic E-state index is -0.513. The van der Waals surface area contributed by atoms with Crippen molar-refractivity contribution in [3.8, 4) is 0 Å². The Kier molecular flexibility index (Phi) is 4.33. The van der Waals surface area contributed by atoms with Gasteiger partial charge in [0.05, 0.1) is 11.9 Å². The minimum Gasteiger partial charge on any atom is -0.389 e. The fraction of sp³-hybridized carbons (Fsp3) is 0.286. The predicted molar refractivity (Wildman–Crippen MR) is 73.4 cm³/mol. The van der Waals surface area contributed by atoms with E-state index in [0.29, 0.717) is 0 Å². The van der Waals surface area contributed by atoms with Crippen LogP contribution in [0, 0.1) is 6.92 Å². The Morgan fingerprint density at radius 3 is 2.61 bits per heavy atom. The number of aromatic nitrogens is 2. The third-order valence-corrected chi connectivity index (χ3v) is 3.64. The lowest BCUT2D eigenvalue weighted by molar-refractivity contribution is 0.197. The molecule has 2 rings (SSSR count). The Morgan fingerprint density at radius 2 is 2.00 bits per heavy atom. The summed E-state index contributed by atoms with van der Waals surface area (Å²) in [5, 5.41) is 9.52. The first kappa shape index (κ1) is 13.1. The van der Waals surface area contributed by atoms with Crippen LogP contribution in [0.2, 0.25) is 0 Å². The molecule has 0 saturated heterocycles. The van der Waals surface area contributed by atoms with Gasteiger partial charge in [0.2, 0.25) is 0 Å². The first-order valence-corrected chi connectivity index (χ1v) is 6.83. The van der Waals surface area contributed by atoms with Gasteiger partial charge in [-0.1, -0.05) is 18.2 Å². The van der Waals surface area contributed by atoms with Gasteiger partial charge in [0, 0.05) is 22.3 Å². The molecule has 1 N–H and O–H groups in total. The molecule has 0 bridgehead atoms. The fourth-order valence-electron chi connectivity index (χ4n) is 1.67. The predicted octanol–water partition coefficient (Wildman–Crippen LogP) is 3.13. The van der Waals surface area contributed by atoms with Crippen molar-refractivity contribution in [2.45, 2.75) is 30.6 Å². The summed E-state index contributed by atoms with van der Waals surface area (Å²) in [6.07, 6.45) is 1.20. The Bertz CT molecular complexity index is 514. The summed E-state index contributed by atoms with van der Waals surface area (Å²) in [5.41, 5.74) is 1.65. The highest BCUT2D eigenvalue weighted by Crippen LogP contribution is 2.21. The summed E-state index contributed by atoms with van der Waals surface area (Å²) in [5.74, 6) is 1.54. The van der Waals surface area contributed by atoms with E-state index < -0.39 is 6.10 Å². The SMILES string of the molecule is Cc1nc(CSc2ccccc2)ncc1[C@H](C)O. The molecule has 0 saturated carbocycles. The number of nitrogens with zero attached hydrogens (tertiary/aromatic N) is 2. The Hall–Kier alpha value is -1.39. The molecular formula is C14H16N2OS. The lowest BCUT2D eigenvalue weighted by Crippen LogP contribution is -2.02. The summed E-state index contributed by atoms with van der Waals surface area (Å²) in [4.78, 5) is 9.91. The molecule has 2 aromatic rings. The van der Waals surface area contributed by atoms with Crippen LogP contribution in [0.25, 0.3) is 0 Å². The third kappa shape index (κ3) is 3.31. The van der Waals surface area contributed by atoms with Crippen molar-refractivity contribution in [3.63, 3.8) is 0 Å². The highest BCUT2D eigenvalue weighted by molar-refractivity contribution is 7.98. The molecule has 0 spiro atoms. The van der Waals surface area contributed by atoms with Crippen molar-refractivity contribution in [1.29, 1.82) is 0 Å². The van der Waals surface area contributed by atoms with E-state index in [-0.39, 0.29) is 0 Å². The van der Waals surface area contributed by atoms with E-state index in [4.69, 9.17) is 0 Å². The van der Waals surface area contributed by atoms with Gasteiger partial charge in [0.1, 0.15) is 5.82 Å². The summed E-state index contributed by atoms with van der Waals surface area (Å²) < 4.78 is 0. The number of aliphatic hydroxyl groups is 1. The monoisotopic (exact) mass is 260 g/mol. The smallest absolute Gasteiger partial charge is 0.138 e. The zero-order chi connectivity index (χ0) is 13.0. The van der Waals surface area contributed by atoms with Gasteiger partial charge in [-0.3, -0.25) is 0 Å². The molecule has 0 fully saturated rings. The second-order valence-electron chi connectivity index (χ2n) is 4.10. The van der Waals surface area contributed by atoms with Crippen molar-refractivity contribution in [2.75, 3.05) is 0 Å². The molecule has 4 heteroatoms. The van der Waals surface area contributed by atoms with Gasteiger partial charge < -0.3 is 5.11 Å². The van der Waals surface area contributed by atoms with E-state index in [1.165, 1.54) is 4.90 Å². The third-order valence-electron chi connectivity index (χ3n) is 2.63. The van der Waals surface area contributed by atoms with E-state index in [9.17, 15) is 5.11 Å². The van der Waals surface area contributed by atoms with Gasteiger partial charge in [-0.25, -0.2) is 9.97 Å². The fourth-order valence-corrected chi connectivity index (χ4v) is 2.45. The van der Waals surface area contributed by atoms with Crippen LogP contribution in [0.5, 0.6) is 0 Å². The van der Waals surface area contributed by atoms with Gasteiger partial charge in [-0.2, -0.15) is 0 Å². The molecule has 0 aliphatic carbocycles. The molecule has 0 aliphatic heterocycles. The molecule has 3 nitrogen and oxygen atoms in total. The summed E-state index contributed by atoms with van der Waals surface area (Å²) >= 11 is 1.71. The zero-order valence-electron chi connectivity index (χ0n) is 10.5. The maximum absolute atomic E-state index is 9.52. The van der Waals surface area contributed by atoms with Crippen molar-refractivity contribution in [1.82, 2.24) is 9.97 Å². The largest absolute Gasteiger partial charge is 0.389 e. The van der Waals surface area contributed by atoms with Crippen LogP contribution >= 0.6 is 11.8 Å². The summed E-state index contributed by atoms with van der Waals surface area (Å²) in [6.45, 7) is 3.63. The number of aryl methyl sites for hydroxylation is 1. The highest BCUT2D eigenvalue weighted by Gasteiger charge is 2.08. The minimum absolute atomic E-state index is 0.513. The van der Waals surface area contributed by atoms with E-state index in [1.807, 2.05) is 25.1 Å². The van der Waals surface area contributed by atoms with Gasteiger partial charge in [-0.15, -0.1) is 11.8 Å². The van der Waals surface area contributed by atoms with Crippen LogP contribution in [0.4, 0.5) is 0 Å². The van der Waals surface area contributed by atoms with Crippen LogP contribution in [-0.4, -0.2) is 15.1 Å². The molecule has 94 valence electrons. The second kappa shape index (κ2) is 5.98. The van der Waals surface area contributed by atoms with Gasteiger partial charge in [0.25, 0.3) is 0 Å². The molecule has 0 amide bonds. The standard InChI is InChI=1S/C14H16N2OS/c1-10-13(11(2)17)8-15-14(16-10)9-18-12-6-4-3-5-7-12/h3-8,11,17H,9H2,1-2H3/t11-/m0/s1. The maximum atomic E-state index is 9.52. The molecular weight excluding hydrogens is 244 g/mol. The zero-order valence-corrected chi connectivity index (χ0v) is 11.3. The molecule has 0 radical (unpaired) electrons. The first-order chi connectivity index (χ1) is 8.66. The van der Waals surface area contributed by atoms with Crippen LogP contribution < -0.4 is 0 Å². The average molecular weight is 260 g/mol. The van der Waals surface area contributed by atoms with Crippen molar-refractivity contribution >= 4 is 11.8 Å². The van der Waals surface area contributed by atoms with E-state index >= 15 is 0 Å². The number of thioether (sulfide) groups is 1. The average Bonchev–Trinajstić information content (AvgIpc) is 2.37. The lowest BCUT2D eigenvalue weighted by Gasteiger charge is -2.08. The van der Waals surface area contributed by atoms with Crippen LogP contribution in [-0.2, 0) is 5.75 Å². The normalized spacial score (nSPS) is 12.4. The van der Waals surface area contributed by atoms with Crippen LogP contribution in [0.15, 0.2) is 41.4 Å². The molecule has 1 aromatic heterocycles. The maximum Gasteiger partial charge on any atom is 0.138 e. The van der Waals surface area contributed by atoms with E-state index in [2.05, 4.69) is 22.1 Å². The van der Waals surface area contributed by atoms with E-state index in [1.54, 1.807) is 24.9 Å². The molecule has 1 atom stereocenters. The molecule has 0 aliphatic rings. The molecule has 1 aromatic carbocycles. The Labute approximate surface area is 111 Å². The lowest BCUT2D eigenvalue weighted by atomic mass is 10.1. The highest BCUT2D eigenvalue weighted by atomic mass is 32.2.